The van der Waals surface area contributed by atoms with Crippen LogP contribution in [0.2, 0.25) is 0 Å². The van der Waals surface area contributed by atoms with E-state index in [4.69, 9.17) is 5.73 Å². The maximum Gasteiger partial charge on any atom is 0.272 e. The van der Waals surface area contributed by atoms with Gasteiger partial charge in [0.15, 0.2) is 5.69 Å². The molecular formula is C19H25FN4O. The molecule has 2 aromatic rings. The summed E-state index contributed by atoms with van der Waals surface area (Å²) in [5.74, 6) is -0.563. The normalized spacial score (nSPS) is 13.8. The van der Waals surface area contributed by atoms with Gasteiger partial charge in [0, 0.05) is 17.8 Å². The molecule has 0 fully saturated rings. The van der Waals surface area contributed by atoms with E-state index in [9.17, 15) is 9.18 Å². The van der Waals surface area contributed by atoms with E-state index in [-0.39, 0.29) is 11.7 Å². The first-order valence-corrected chi connectivity index (χ1v) is 8.93. The fraction of sp³-hybridized carbons (Fsp3) is 0.474. The lowest BCUT2D eigenvalue weighted by Crippen LogP contribution is -2.53. The van der Waals surface area contributed by atoms with Gasteiger partial charge < -0.3 is 11.1 Å². The summed E-state index contributed by atoms with van der Waals surface area (Å²) < 4.78 is 15.8. The Morgan fingerprint density at radius 1 is 1.32 bits per heavy atom. The Morgan fingerprint density at radius 3 is 2.68 bits per heavy atom. The Bertz CT molecular complexity index is 771. The van der Waals surface area contributed by atoms with Gasteiger partial charge in [-0.1, -0.05) is 26.0 Å². The third kappa shape index (κ3) is 3.06. The minimum Gasteiger partial charge on any atom is -0.344 e. The summed E-state index contributed by atoms with van der Waals surface area (Å²) in [7, 11) is 0. The molecule has 1 heterocycles. The van der Waals surface area contributed by atoms with Crippen molar-refractivity contribution in [2.75, 3.05) is 6.54 Å². The van der Waals surface area contributed by atoms with Gasteiger partial charge in [0.2, 0.25) is 0 Å². The van der Waals surface area contributed by atoms with Gasteiger partial charge in [-0.2, -0.15) is 5.10 Å². The smallest absolute Gasteiger partial charge is 0.272 e. The zero-order valence-electron chi connectivity index (χ0n) is 14.8. The van der Waals surface area contributed by atoms with Gasteiger partial charge in [-0.15, -0.1) is 0 Å². The zero-order chi connectivity index (χ0) is 18.0. The van der Waals surface area contributed by atoms with E-state index in [0.29, 0.717) is 17.9 Å². The maximum absolute atomic E-state index is 14.2. The Kier molecular flexibility index (Phi) is 4.90. The molecule has 1 amide bonds. The van der Waals surface area contributed by atoms with Gasteiger partial charge in [0.05, 0.1) is 5.54 Å². The molecule has 134 valence electrons. The highest BCUT2D eigenvalue weighted by Gasteiger charge is 2.32. The van der Waals surface area contributed by atoms with E-state index in [2.05, 4.69) is 10.4 Å². The molecule has 25 heavy (non-hydrogen) atoms. The number of benzene rings is 1. The van der Waals surface area contributed by atoms with Crippen LogP contribution in [-0.4, -0.2) is 27.8 Å². The topological polar surface area (TPSA) is 72.9 Å². The number of rotatable bonds is 6. The first-order valence-electron chi connectivity index (χ1n) is 8.93. The Labute approximate surface area is 147 Å². The lowest BCUT2D eigenvalue weighted by atomic mass is 9.92. The number of para-hydroxylation sites is 1. The summed E-state index contributed by atoms with van der Waals surface area (Å²) in [4.78, 5) is 12.9. The molecule has 0 radical (unpaired) electrons. The lowest BCUT2D eigenvalue weighted by molar-refractivity contribution is 0.0888. The van der Waals surface area contributed by atoms with E-state index >= 15 is 0 Å². The van der Waals surface area contributed by atoms with Crippen LogP contribution in [0.15, 0.2) is 24.3 Å². The summed E-state index contributed by atoms with van der Waals surface area (Å²) in [5.41, 5.74) is 8.11. The monoisotopic (exact) mass is 344 g/mol. The summed E-state index contributed by atoms with van der Waals surface area (Å²) in [5, 5.41) is 7.55. The van der Waals surface area contributed by atoms with Crippen LogP contribution in [0.1, 0.15) is 54.9 Å². The van der Waals surface area contributed by atoms with E-state index in [0.717, 1.165) is 43.4 Å². The molecule has 1 aliphatic carbocycles. The van der Waals surface area contributed by atoms with Crippen LogP contribution < -0.4 is 11.1 Å². The number of carbonyl (C=O) groups excluding carboxylic acids is 1. The van der Waals surface area contributed by atoms with Crippen LogP contribution in [0.5, 0.6) is 0 Å². The first-order chi connectivity index (χ1) is 12.0. The number of nitrogens with zero attached hydrogens (tertiary/aromatic N) is 2. The van der Waals surface area contributed by atoms with Gasteiger partial charge in [0.1, 0.15) is 11.5 Å². The molecule has 5 nitrogen and oxygen atoms in total. The standard InChI is InChI=1S/C19H25FN4O/c1-3-19(4-2,12-21)22-18(25)17-13-8-7-11-15(13)24(23-17)16-10-6-5-9-14(16)20/h5-6,9-10H,3-4,7-8,11-12,21H2,1-2H3,(H,22,25). The Balaban J connectivity index is 2.00. The zero-order valence-corrected chi connectivity index (χ0v) is 14.8. The molecule has 0 spiro atoms. The lowest BCUT2D eigenvalue weighted by Gasteiger charge is -2.31. The molecule has 1 aliphatic rings. The molecule has 0 aliphatic heterocycles. The minimum atomic E-state index is -0.426. The molecule has 1 aromatic heterocycles. The van der Waals surface area contributed by atoms with Crippen LogP contribution in [0.4, 0.5) is 4.39 Å². The summed E-state index contributed by atoms with van der Waals surface area (Å²) in [6.45, 7) is 4.40. The predicted octanol–water partition coefficient (Wildman–Crippen LogP) is 2.75. The highest BCUT2D eigenvalue weighted by atomic mass is 19.1. The van der Waals surface area contributed by atoms with Crippen molar-refractivity contribution in [1.82, 2.24) is 15.1 Å². The van der Waals surface area contributed by atoms with Crippen LogP contribution in [-0.2, 0) is 12.8 Å². The molecule has 0 unspecified atom stereocenters. The first kappa shape index (κ1) is 17.6. The van der Waals surface area contributed by atoms with E-state index in [1.807, 2.05) is 13.8 Å². The van der Waals surface area contributed by atoms with Crippen molar-refractivity contribution in [2.45, 2.75) is 51.5 Å². The van der Waals surface area contributed by atoms with Gasteiger partial charge >= 0.3 is 0 Å². The molecule has 0 saturated heterocycles. The number of nitrogens with one attached hydrogen (secondary N) is 1. The van der Waals surface area contributed by atoms with Crippen LogP contribution >= 0.6 is 0 Å². The fourth-order valence-corrected chi connectivity index (χ4v) is 3.51. The van der Waals surface area contributed by atoms with Crippen molar-refractivity contribution >= 4 is 5.91 Å². The van der Waals surface area contributed by atoms with Crippen LogP contribution in [0.3, 0.4) is 0 Å². The highest BCUT2D eigenvalue weighted by Crippen LogP contribution is 2.29. The fourth-order valence-electron chi connectivity index (χ4n) is 3.51. The van der Waals surface area contributed by atoms with Gasteiger partial charge in [0.25, 0.3) is 5.91 Å². The van der Waals surface area contributed by atoms with Gasteiger partial charge in [-0.3, -0.25) is 4.79 Å². The SMILES string of the molecule is CCC(CC)(CN)NC(=O)c1nn(-c2ccccc2F)c2c1CCC2. The Morgan fingerprint density at radius 2 is 2.04 bits per heavy atom. The number of aromatic nitrogens is 2. The quantitative estimate of drug-likeness (QED) is 0.846. The summed E-state index contributed by atoms with van der Waals surface area (Å²) >= 11 is 0. The molecular weight excluding hydrogens is 319 g/mol. The molecule has 0 bridgehead atoms. The number of nitrogens with two attached hydrogens (primary N) is 1. The number of amides is 1. The Hall–Kier alpha value is -2.21. The minimum absolute atomic E-state index is 0.220. The highest BCUT2D eigenvalue weighted by molar-refractivity contribution is 5.94. The van der Waals surface area contributed by atoms with Crippen molar-refractivity contribution < 1.29 is 9.18 Å². The number of fused-ring (bicyclic) bond motifs is 1. The van der Waals surface area contributed by atoms with E-state index in [1.54, 1.807) is 22.9 Å². The third-order valence-electron chi connectivity index (χ3n) is 5.35. The van der Waals surface area contributed by atoms with Crippen molar-refractivity contribution in [3.63, 3.8) is 0 Å². The molecule has 3 N–H and O–H groups in total. The van der Waals surface area contributed by atoms with E-state index < -0.39 is 5.54 Å². The average Bonchev–Trinajstić information content (AvgIpc) is 3.23. The van der Waals surface area contributed by atoms with Crippen LogP contribution in [0.25, 0.3) is 5.69 Å². The third-order valence-corrected chi connectivity index (χ3v) is 5.35. The maximum atomic E-state index is 14.2. The molecule has 0 saturated carbocycles. The van der Waals surface area contributed by atoms with E-state index in [1.165, 1.54) is 6.07 Å². The molecule has 6 heteroatoms. The van der Waals surface area contributed by atoms with Gasteiger partial charge in [-0.25, -0.2) is 9.07 Å². The molecule has 1 aromatic carbocycles. The number of hydrogen-bond acceptors (Lipinski definition) is 3. The molecule has 0 atom stereocenters. The van der Waals surface area contributed by atoms with Crippen molar-refractivity contribution in [3.8, 4) is 5.69 Å². The second kappa shape index (κ2) is 6.96. The molecule has 3 rings (SSSR count). The second-order valence-electron chi connectivity index (χ2n) is 6.64. The largest absolute Gasteiger partial charge is 0.344 e. The van der Waals surface area contributed by atoms with Crippen molar-refractivity contribution in [2.24, 2.45) is 5.73 Å². The predicted molar refractivity (Wildman–Crippen MR) is 95.4 cm³/mol. The summed E-state index contributed by atoms with van der Waals surface area (Å²) in [6.07, 6.45) is 4.05. The number of carbonyl (C=O) groups is 1. The second-order valence-corrected chi connectivity index (χ2v) is 6.64. The number of hydrogen-bond donors (Lipinski definition) is 2. The van der Waals surface area contributed by atoms with Gasteiger partial charge in [-0.05, 0) is 44.2 Å². The van der Waals surface area contributed by atoms with Crippen molar-refractivity contribution in [1.29, 1.82) is 0 Å². The number of halogens is 1. The van der Waals surface area contributed by atoms with Crippen molar-refractivity contribution in [3.05, 3.63) is 47.0 Å². The summed E-state index contributed by atoms with van der Waals surface area (Å²) in [6, 6.07) is 6.51. The average molecular weight is 344 g/mol. The van der Waals surface area contributed by atoms with Crippen LogP contribution in [0, 0.1) is 5.82 Å².